The molecule has 10 rings (SSSR count). The Morgan fingerprint density at radius 2 is 1.45 bits per heavy atom. The van der Waals surface area contributed by atoms with E-state index in [2.05, 4.69) is 38.5 Å². The molecule has 87 heavy (non-hydrogen) atoms. The molecule has 0 saturated heterocycles. The second-order valence-electron chi connectivity index (χ2n) is 21.2. The third kappa shape index (κ3) is 14.6. The summed E-state index contributed by atoms with van der Waals surface area (Å²) >= 11 is 7.66. The van der Waals surface area contributed by atoms with Gasteiger partial charge in [0, 0.05) is 83.4 Å². The maximum absolute atomic E-state index is 14.4. The first kappa shape index (κ1) is 62.6. The summed E-state index contributed by atoms with van der Waals surface area (Å²) in [5, 5.41) is 39.5. The van der Waals surface area contributed by atoms with E-state index in [9.17, 15) is 33.9 Å². The number of hydrogen-bond acceptors (Lipinski definition) is 23. The monoisotopic (exact) mass is 1290 g/mol. The number of aliphatic hydroxyl groups excluding tert-OH is 1. The Kier molecular flexibility index (Phi) is 20.3. The fourth-order valence-electron chi connectivity index (χ4n) is 10.2. The van der Waals surface area contributed by atoms with E-state index in [1.165, 1.54) is 75.1 Å². The van der Waals surface area contributed by atoms with Gasteiger partial charge in [-0.2, -0.15) is 0 Å². The van der Waals surface area contributed by atoms with Crippen LogP contribution in [0.1, 0.15) is 133 Å². The van der Waals surface area contributed by atoms with Crippen molar-refractivity contribution < 1.29 is 38.6 Å². The van der Waals surface area contributed by atoms with Crippen molar-refractivity contribution in [2.45, 2.75) is 90.0 Å². The number of ketones is 1. The largest absolute Gasteiger partial charge is 0.386 e. The van der Waals surface area contributed by atoms with Crippen LogP contribution in [0.5, 0.6) is 0 Å². The Balaban J connectivity index is 1.01. The van der Waals surface area contributed by atoms with Crippen molar-refractivity contribution in [2.75, 3.05) is 39.1 Å². The average Bonchev–Trinajstić information content (AvgIpc) is 2.82. The van der Waals surface area contributed by atoms with E-state index in [0.717, 1.165) is 4.88 Å². The number of aliphatic hydroxyl groups is 1. The summed E-state index contributed by atoms with van der Waals surface area (Å²) in [5.74, 6) is -2.35. The van der Waals surface area contributed by atoms with Crippen LogP contribution in [0.15, 0.2) is 70.6 Å². The summed E-state index contributed by atoms with van der Waals surface area (Å²) < 4.78 is 5.59. The molecule has 9 N–H and O–H groups in total. The molecule has 10 bridgehead atoms. The summed E-state index contributed by atoms with van der Waals surface area (Å²) in [6.07, 6.45) is 0.973. The highest BCUT2D eigenvalue weighted by Gasteiger charge is 2.34. The topological polar surface area (TPSA) is 320 Å². The molecule has 1 aliphatic heterocycles. The molecule has 22 nitrogen and oxygen atoms in total. The molecule has 454 valence electrons. The van der Waals surface area contributed by atoms with Crippen molar-refractivity contribution in [3.63, 3.8) is 0 Å². The third-order valence-corrected chi connectivity index (χ3v) is 20.7. The summed E-state index contributed by atoms with van der Waals surface area (Å²) in [5.41, 5.74) is 9.58. The molecule has 8 heterocycles. The number of rotatable bonds is 13. The van der Waals surface area contributed by atoms with E-state index in [0.29, 0.717) is 125 Å². The lowest BCUT2D eigenvalue weighted by molar-refractivity contribution is -0.128. The second kappa shape index (κ2) is 28.2. The lowest BCUT2D eigenvalue weighted by Gasteiger charge is -2.26. The van der Waals surface area contributed by atoms with E-state index < -0.39 is 30.0 Å². The van der Waals surface area contributed by atoms with Crippen LogP contribution in [0.25, 0.3) is 49.1 Å². The molecule has 7 aromatic heterocycles. The molecule has 0 spiro atoms. The maximum atomic E-state index is 14.4. The number of hydrogen-bond donors (Lipinski definition) is 8. The van der Waals surface area contributed by atoms with Gasteiger partial charge in [-0.25, -0.2) is 34.9 Å². The van der Waals surface area contributed by atoms with E-state index in [4.69, 9.17) is 45.4 Å². The van der Waals surface area contributed by atoms with Crippen molar-refractivity contribution >= 4 is 115 Å². The number of aryl methyl sites for hydroxylation is 1. The molecule has 28 heteroatoms. The number of carbonyl (C=O) groups excluding carboxylic acids is 6. The van der Waals surface area contributed by atoms with Crippen molar-refractivity contribution in [3.05, 3.63) is 118 Å². The number of nitrogens with one attached hydrogen (secondary N) is 6. The standard InChI is InChI=1S/C59H64N14O8S6/c1-28(2)35-20-41(74)47-30(4)86-58(73-47)37(21-44(75)61-5)65-53(80)39-25-82-54(67-39)34-16-17-36(56-70-43(27-85-56)69-52(79)33-14-12-32(13-15-33)51(78)62-19-18-60)64-48(34)38-24-83-57(66-38)40-26-84-59(68-40)49(50(77)31-10-8-7-9-11-31)71-45(76)22-63-29(3)46-42(23-81-6)87-55(35)72-46/h7-11,16-17,24-28,32-33,35,37,49-50,63,77H,3,12-15,18-23,60H2,1-2,4-6H3,(H,61,75)(H,62,78)(H,65,80)(H,69,79)(H,71,76)/t32?,33?,35-,37-,49-,50-/m0/s1. The number of methoxy groups -OCH3 is 1. The van der Waals surface area contributed by atoms with E-state index in [1.807, 2.05) is 36.7 Å². The van der Waals surface area contributed by atoms with Gasteiger partial charge in [-0.15, -0.1) is 68.0 Å². The summed E-state index contributed by atoms with van der Waals surface area (Å²) in [4.78, 5) is 118. The Morgan fingerprint density at radius 3 is 2.18 bits per heavy atom. The zero-order chi connectivity index (χ0) is 61.5. The van der Waals surface area contributed by atoms with Crippen molar-refractivity contribution in [2.24, 2.45) is 23.5 Å². The van der Waals surface area contributed by atoms with Gasteiger partial charge in [-0.05, 0) is 56.2 Å². The Bertz CT molecular complexity index is 3820. The SMILES string of the molecule is C=C1NCC(=O)N[C@@H]([C@@H](O)c2ccccc2)c2nc(cs2)-c2nc(cs2)-c2nc(-c3nc(NC(=O)C4CCC(C(=O)NCCN)CC4)cs3)ccc2-c2nc(cs2)C(=O)N[C@@H](CC(=O)NC)c2nc(c(C)s2)C(=O)C[C@@H](C(C)C)c2nc1c(COC)s2. The number of thiazole rings is 6. The number of benzene rings is 1. The quantitative estimate of drug-likeness (QED) is 0.0534. The summed E-state index contributed by atoms with van der Waals surface area (Å²) in [6.45, 7) is 10.8. The van der Waals surface area contributed by atoms with Gasteiger partial charge in [0.2, 0.25) is 23.6 Å². The zero-order valence-corrected chi connectivity index (χ0v) is 53.0. The third-order valence-electron chi connectivity index (χ3n) is 14.9. The predicted octanol–water partition coefficient (Wildman–Crippen LogP) is 8.85. The predicted molar refractivity (Wildman–Crippen MR) is 339 cm³/mol. The molecule has 0 unspecified atom stereocenters. The molecular formula is C59H64N14O8S6. The zero-order valence-electron chi connectivity index (χ0n) is 48.1. The number of ether oxygens (including phenoxy) is 1. The highest BCUT2D eigenvalue weighted by atomic mass is 32.1. The van der Waals surface area contributed by atoms with Gasteiger partial charge in [-0.1, -0.05) is 50.8 Å². The average molecular weight is 1290 g/mol. The van der Waals surface area contributed by atoms with Crippen LogP contribution >= 0.6 is 68.0 Å². The lowest BCUT2D eigenvalue weighted by Crippen LogP contribution is -2.38. The Labute approximate surface area is 525 Å². The van der Waals surface area contributed by atoms with Crippen LogP contribution in [0.3, 0.4) is 0 Å². The molecule has 0 radical (unpaired) electrons. The van der Waals surface area contributed by atoms with Crippen LogP contribution in [0, 0.1) is 24.7 Å². The van der Waals surface area contributed by atoms with Gasteiger partial charge in [0.05, 0.1) is 46.9 Å². The van der Waals surface area contributed by atoms with Gasteiger partial charge in [0.25, 0.3) is 5.91 Å². The van der Waals surface area contributed by atoms with E-state index >= 15 is 0 Å². The number of aromatic nitrogens is 7. The Morgan fingerprint density at radius 1 is 0.759 bits per heavy atom. The van der Waals surface area contributed by atoms with Crippen molar-refractivity contribution in [1.29, 1.82) is 0 Å². The first-order valence-corrected chi connectivity index (χ1v) is 33.2. The smallest absolute Gasteiger partial charge is 0.271 e. The van der Waals surface area contributed by atoms with Crippen LogP contribution in [-0.2, 0) is 30.5 Å². The van der Waals surface area contributed by atoms with Gasteiger partial charge in [-0.3, -0.25) is 28.8 Å². The first-order valence-electron chi connectivity index (χ1n) is 28.1. The lowest BCUT2D eigenvalue weighted by atomic mass is 9.81. The molecular weight excluding hydrogens is 1230 g/mol. The molecule has 4 atom stereocenters. The first-order chi connectivity index (χ1) is 42.0. The highest BCUT2D eigenvalue weighted by molar-refractivity contribution is 7.15. The fraction of sp³-hybridized carbons (Fsp3) is 0.373. The minimum Gasteiger partial charge on any atom is -0.386 e. The van der Waals surface area contributed by atoms with E-state index in [-0.39, 0.29) is 84.6 Å². The minimum absolute atomic E-state index is 0.0369. The van der Waals surface area contributed by atoms with Crippen LogP contribution in [-0.4, -0.2) is 109 Å². The highest BCUT2D eigenvalue weighted by Crippen LogP contribution is 2.41. The van der Waals surface area contributed by atoms with Crippen molar-refractivity contribution in [3.8, 4) is 43.4 Å². The number of nitrogens with two attached hydrogens (primary N) is 1. The number of Topliss-reactive ketones (excluding diaryl/α,β-unsaturated/α-hetero) is 1. The number of amides is 5. The van der Waals surface area contributed by atoms with Gasteiger partial charge in [0.1, 0.15) is 77.2 Å². The van der Waals surface area contributed by atoms with Gasteiger partial charge in [0.15, 0.2) is 5.78 Å². The normalized spacial score (nSPS) is 18.9. The summed E-state index contributed by atoms with van der Waals surface area (Å²) in [6, 6.07) is 10.7. The minimum atomic E-state index is -1.21. The molecule has 2 aliphatic rings. The number of anilines is 1. The fourth-order valence-corrected chi connectivity index (χ4v) is 15.8. The molecule has 1 aromatic carbocycles. The number of nitrogens with zero attached hydrogens (tertiary/aromatic N) is 7. The van der Waals surface area contributed by atoms with Crippen LogP contribution in [0.4, 0.5) is 5.82 Å². The second-order valence-corrected chi connectivity index (χ2v) is 27.0. The van der Waals surface area contributed by atoms with Gasteiger partial charge >= 0.3 is 0 Å². The van der Waals surface area contributed by atoms with Crippen LogP contribution in [0.2, 0.25) is 0 Å². The molecule has 1 aliphatic carbocycles. The van der Waals surface area contributed by atoms with Crippen molar-refractivity contribution in [1.82, 2.24) is 61.5 Å². The Hall–Kier alpha value is -7.41. The number of carbonyl (C=O) groups is 6. The molecule has 1 fully saturated rings. The molecule has 1 saturated carbocycles. The number of fused-ring (bicyclic) bond motifs is 14. The van der Waals surface area contributed by atoms with E-state index in [1.54, 1.807) is 55.1 Å². The number of pyridine rings is 1. The maximum Gasteiger partial charge on any atom is 0.271 e. The molecule has 8 aromatic rings. The summed E-state index contributed by atoms with van der Waals surface area (Å²) in [7, 11) is 3.07. The van der Waals surface area contributed by atoms with Gasteiger partial charge < -0.3 is 47.5 Å². The molecule has 5 amide bonds. The van der Waals surface area contributed by atoms with Crippen LogP contribution < -0.4 is 37.6 Å².